The molecule has 0 radical (unpaired) electrons. The van der Waals surface area contributed by atoms with Crippen molar-refractivity contribution in [1.82, 2.24) is 0 Å². The van der Waals surface area contributed by atoms with Crippen molar-refractivity contribution >= 4 is 34.3 Å². The predicted octanol–water partition coefficient (Wildman–Crippen LogP) is 6.67. The lowest BCUT2D eigenvalue weighted by molar-refractivity contribution is -0.128. The van der Waals surface area contributed by atoms with Crippen molar-refractivity contribution in [2.45, 2.75) is 66.4 Å². The Morgan fingerprint density at radius 1 is 1.26 bits per heavy atom. The van der Waals surface area contributed by atoms with E-state index < -0.39 is 5.60 Å². The minimum atomic E-state index is -1.15. The molecule has 3 rings (SSSR count). The smallest absolute Gasteiger partial charge is 0.341 e. The molecule has 0 saturated carbocycles. The van der Waals surface area contributed by atoms with E-state index in [1.165, 1.54) is 11.3 Å². The number of fused-ring (bicyclic) bond motifs is 1. The van der Waals surface area contributed by atoms with Gasteiger partial charge in [-0.3, -0.25) is 4.79 Å². The minimum Gasteiger partial charge on any atom is -0.478 e. The molecule has 34 heavy (non-hydrogen) atoms. The molecule has 0 atom stereocenters. The van der Waals surface area contributed by atoms with Crippen LogP contribution in [-0.2, 0) is 22.4 Å². The summed E-state index contributed by atoms with van der Waals surface area (Å²) in [5.74, 6) is 0.112. The number of carbonyl (C=O) groups is 2. The van der Waals surface area contributed by atoms with Crippen LogP contribution in [0.15, 0.2) is 36.6 Å². The van der Waals surface area contributed by atoms with Crippen LogP contribution in [0.25, 0.3) is 6.08 Å². The molecule has 1 aromatic heterocycles. The first-order valence-corrected chi connectivity index (χ1v) is 12.5. The Kier molecular flexibility index (Phi) is 7.74. The van der Waals surface area contributed by atoms with Crippen LogP contribution in [0.5, 0.6) is 5.75 Å². The van der Waals surface area contributed by atoms with Crippen molar-refractivity contribution in [3.05, 3.63) is 58.1 Å². The highest BCUT2D eigenvalue weighted by atomic mass is 32.1. The first-order valence-electron chi connectivity index (χ1n) is 11.7. The molecule has 1 heterocycles. The van der Waals surface area contributed by atoms with Crippen LogP contribution in [0.2, 0.25) is 0 Å². The number of hydrogen-bond donors (Lipinski definition) is 1. The molecule has 5 nitrogen and oxygen atoms in total. The van der Waals surface area contributed by atoms with E-state index in [9.17, 15) is 9.59 Å². The quantitative estimate of drug-likeness (QED) is 0.338. The van der Waals surface area contributed by atoms with Crippen LogP contribution < -0.4 is 10.1 Å². The number of amides is 1. The molecule has 1 aromatic carbocycles. The van der Waals surface area contributed by atoms with E-state index >= 15 is 0 Å². The summed E-state index contributed by atoms with van der Waals surface area (Å²) < 4.78 is 11.6. The van der Waals surface area contributed by atoms with Crippen LogP contribution in [0, 0.1) is 11.3 Å². The standard InChI is InChI=1S/C28H35NO4S/c1-8-9-19-10-12-20(13-11-19)33-28(6,7)26(31)29-24-23(25(30)32-17-18(2)3)21-16-27(4,5)15-14-22(21)34-24/h9-13,18H,1,14-17H2,2-7H3,(H,29,31). The molecule has 0 fully saturated rings. The van der Waals surface area contributed by atoms with Gasteiger partial charge in [0.2, 0.25) is 0 Å². The lowest BCUT2D eigenvalue weighted by Crippen LogP contribution is -2.42. The Labute approximate surface area is 206 Å². The highest BCUT2D eigenvalue weighted by molar-refractivity contribution is 7.17. The molecule has 1 amide bonds. The number of benzene rings is 1. The normalized spacial score (nSPS) is 14.7. The topological polar surface area (TPSA) is 64.6 Å². The van der Waals surface area contributed by atoms with Crippen LogP contribution in [-0.4, -0.2) is 24.1 Å². The molecular weight excluding hydrogens is 446 g/mol. The third-order valence-corrected chi connectivity index (χ3v) is 7.03. The number of carbonyl (C=O) groups excluding carboxylic acids is 2. The maximum atomic E-state index is 13.3. The summed E-state index contributed by atoms with van der Waals surface area (Å²) in [4.78, 5) is 27.5. The van der Waals surface area contributed by atoms with E-state index in [0.717, 1.165) is 35.3 Å². The van der Waals surface area contributed by atoms with Crippen molar-refractivity contribution in [2.75, 3.05) is 11.9 Å². The van der Waals surface area contributed by atoms with Crippen molar-refractivity contribution in [2.24, 2.45) is 11.3 Å². The Bertz CT molecular complexity index is 1100. The summed E-state index contributed by atoms with van der Waals surface area (Å²) in [6, 6.07) is 7.36. The Hall–Kier alpha value is -2.82. The van der Waals surface area contributed by atoms with Crippen molar-refractivity contribution in [3.8, 4) is 5.75 Å². The average molecular weight is 482 g/mol. The van der Waals surface area contributed by atoms with Gasteiger partial charge < -0.3 is 14.8 Å². The van der Waals surface area contributed by atoms with Crippen LogP contribution in [0.4, 0.5) is 5.00 Å². The van der Waals surface area contributed by atoms with Crippen molar-refractivity contribution < 1.29 is 19.1 Å². The van der Waals surface area contributed by atoms with Crippen molar-refractivity contribution in [3.63, 3.8) is 0 Å². The monoisotopic (exact) mass is 481 g/mol. The minimum absolute atomic E-state index is 0.0950. The molecule has 0 bridgehead atoms. The second-order valence-corrected chi connectivity index (χ2v) is 11.6. The number of esters is 1. The summed E-state index contributed by atoms with van der Waals surface area (Å²) >= 11 is 1.48. The third kappa shape index (κ3) is 6.19. The van der Waals surface area contributed by atoms with Crippen LogP contribution in [0.3, 0.4) is 0 Å². The summed E-state index contributed by atoms with van der Waals surface area (Å²) in [7, 11) is 0. The molecule has 182 valence electrons. The Morgan fingerprint density at radius 3 is 2.56 bits per heavy atom. The van der Waals surface area contributed by atoms with Crippen LogP contribution >= 0.6 is 11.3 Å². The second-order valence-electron chi connectivity index (χ2n) is 10.5. The summed E-state index contributed by atoms with van der Waals surface area (Å²) in [5, 5.41) is 3.53. The summed E-state index contributed by atoms with van der Waals surface area (Å²) in [6.45, 7) is 15.8. The molecule has 2 aromatic rings. The van der Waals surface area contributed by atoms with Gasteiger partial charge in [-0.05, 0) is 73.8 Å². The molecule has 6 heteroatoms. The Morgan fingerprint density at radius 2 is 1.94 bits per heavy atom. The maximum Gasteiger partial charge on any atom is 0.341 e. The number of hydrogen-bond acceptors (Lipinski definition) is 5. The van der Waals surface area contributed by atoms with Gasteiger partial charge in [0, 0.05) is 4.88 Å². The van der Waals surface area contributed by atoms with E-state index in [1.54, 1.807) is 32.1 Å². The summed E-state index contributed by atoms with van der Waals surface area (Å²) in [5.41, 5.74) is 4.13. The maximum absolute atomic E-state index is 13.3. The molecule has 0 saturated heterocycles. The first kappa shape index (κ1) is 25.8. The third-order valence-electron chi connectivity index (χ3n) is 5.82. The van der Waals surface area contributed by atoms with Gasteiger partial charge in [0.15, 0.2) is 5.60 Å². The highest BCUT2D eigenvalue weighted by Gasteiger charge is 2.36. The van der Waals surface area contributed by atoms with Gasteiger partial charge in [-0.2, -0.15) is 0 Å². The molecule has 0 spiro atoms. The zero-order valence-corrected chi connectivity index (χ0v) is 21.9. The van der Waals surface area contributed by atoms with E-state index in [1.807, 2.05) is 26.0 Å². The molecular formula is C28H35NO4S. The number of ether oxygens (including phenoxy) is 2. The molecule has 0 unspecified atom stereocenters. The molecule has 1 N–H and O–H groups in total. The van der Waals surface area contributed by atoms with Gasteiger partial charge in [0.05, 0.1) is 12.2 Å². The van der Waals surface area contributed by atoms with Gasteiger partial charge in [-0.15, -0.1) is 17.1 Å². The molecule has 0 aliphatic heterocycles. The van der Waals surface area contributed by atoms with E-state index in [4.69, 9.17) is 9.47 Å². The largest absolute Gasteiger partial charge is 0.478 e. The van der Waals surface area contributed by atoms with Crippen molar-refractivity contribution in [1.29, 1.82) is 0 Å². The van der Waals surface area contributed by atoms with Gasteiger partial charge in [0.1, 0.15) is 10.8 Å². The fraction of sp³-hybridized carbons (Fsp3) is 0.464. The number of rotatable bonds is 8. The SMILES string of the molecule is C=C=Cc1ccc(OC(C)(C)C(=O)Nc2sc3c(c2C(=O)OCC(C)C)CC(C)(C)CC3)cc1. The van der Waals surface area contributed by atoms with Crippen LogP contribution in [0.1, 0.15) is 74.3 Å². The number of thiophene rings is 1. The second kappa shape index (κ2) is 10.2. The van der Waals surface area contributed by atoms with Gasteiger partial charge in [0.25, 0.3) is 5.91 Å². The van der Waals surface area contributed by atoms with E-state index in [2.05, 4.69) is 31.5 Å². The Balaban J connectivity index is 1.85. The van der Waals surface area contributed by atoms with Gasteiger partial charge >= 0.3 is 5.97 Å². The van der Waals surface area contributed by atoms with Gasteiger partial charge in [-0.25, -0.2) is 4.79 Å². The fourth-order valence-corrected chi connectivity index (χ4v) is 5.08. The number of aryl methyl sites for hydroxylation is 1. The average Bonchev–Trinajstić information content (AvgIpc) is 3.09. The molecule has 1 aliphatic carbocycles. The number of nitrogens with one attached hydrogen (secondary N) is 1. The van der Waals surface area contributed by atoms with Gasteiger partial charge in [-0.1, -0.05) is 46.4 Å². The zero-order valence-electron chi connectivity index (χ0n) is 21.0. The van der Waals surface area contributed by atoms with E-state index in [0.29, 0.717) is 22.9 Å². The lowest BCUT2D eigenvalue weighted by atomic mass is 9.76. The summed E-state index contributed by atoms with van der Waals surface area (Å²) in [6.07, 6.45) is 4.48. The van der Waals surface area contributed by atoms with E-state index in [-0.39, 0.29) is 23.2 Å². The predicted molar refractivity (Wildman–Crippen MR) is 139 cm³/mol. The zero-order chi connectivity index (χ0) is 25.1. The molecule has 1 aliphatic rings. The lowest BCUT2D eigenvalue weighted by Gasteiger charge is -2.29. The fourth-order valence-electron chi connectivity index (χ4n) is 3.88. The highest BCUT2D eigenvalue weighted by Crippen LogP contribution is 2.44. The number of anilines is 1. The first-order chi connectivity index (χ1) is 15.9.